The molecule has 1 aromatic heterocycles. The molecule has 0 saturated heterocycles. The monoisotopic (exact) mass is 554 g/mol. The van der Waals surface area contributed by atoms with Crippen LogP contribution in [0.4, 0.5) is 15.8 Å². The molecule has 4 N–H and O–H groups in total. The zero-order valence-electron chi connectivity index (χ0n) is 22.9. The first-order valence-electron chi connectivity index (χ1n) is 13.7. The van der Waals surface area contributed by atoms with Gasteiger partial charge in [-0.1, -0.05) is 61.0 Å². The van der Waals surface area contributed by atoms with Crippen molar-refractivity contribution in [3.05, 3.63) is 112 Å². The molecule has 0 bridgehead atoms. The molecule has 40 heavy (non-hydrogen) atoms. The van der Waals surface area contributed by atoms with Gasteiger partial charge in [-0.2, -0.15) is 5.26 Å². The van der Waals surface area contributed by atoms with E-state index in [9.17, 15) is 11.0 Å². The van der Waals surface area contributed by atoms with E-state index in [4.69, 9.17) is 11.6 Å². The smallest absolute Gasteiger partial charge is 0.123 e. The van der Waals surface area contributed by atoms with Gasteiger partial charge in [0.1, 0.15) is 11.9 Å². The maximum Gasteiger partial charge on any atom is 0.123 e. The fourth-order valence-electron chi connectivity index (χ4n) is 4.82. The highest BCUT2D eigenvalue weighted by molar-refractivity contribution is 6.35. The lowest BCUT2D eigenvalue weighted by Crippen LogP contribution is -2.38. The molecule has 2 aliphatic rings. The lowest BCUT2D eigenvalue weighted by molar-refractivity contribution is 0.260. The molecule has 2 atom stereocenters. The number of pyridine rings is 1. The number of nitrogens with one attached hydrogen (secondary N) is 4. The second kappa shape index (κ2) is 11.0. The van der Waals surface area contributed by atoms with Gasteiger partial charge in [-0.25, -0.2) is 4.39 Å². The Balaban J connectivity index is 1.39. The SMILES string of the molecule is [2H]C(Nc1cc(Cl)c2ncc(C#N)c(NC[C@@H](C)c3ccccc3)c2c1)(C1=CN(C2CC2)NN1)c1ccc(F)cc1. The van der Waals surface area contributed by atoms with Crippen LogP contribution in [0.15, 0.2) is 84.8 Å². The van der Waals surface area contributed by atoms with Crippen molar-refractivity contribution in [1.29, 1.82) is 5.26 Å². The van der Waals surface area contributed by atoms with Gasteiger partial charge in [0.25, 0.3) is 0 Å². The van der Waals surface area contributed by atoms with Gasteiger partial charge in [0.05, 0.1) is 34.9 Å². The van der Waals surface area contributed by atoms with Crippen LogP contribution >= 0.6 is 11.6 Å². The Morgan fingerprint density at radius 2 is 1.95 bits per heavy atom. The lowest BCUT2D eigenvalue weighted by Gasteiger charge is -2.22. The van der Waals surface area contributed by atoms with Crippen molar-refractivity contribution in [1.82, 2.24) is 21.0 Å². The molecule has 1 aliphatic heterocycles. The van der Waals surface area contributed by atoms with Crippen molar-refractivity contribution in [2.24, 2.45) is 0 Å². The number of nitriles is 1. The summed E-state index contributed by atoms with van der Waals surface area (Å²) in [7, 11) is 0. The van der Waals surface area contributed by atoms with Gasteiger partial charge < -0.3 is 16.1 Å². The first-order chi connectivity index (χ1) is 19.9. The van der Waals surface area contributed by atoms with E-state index >= 15 is 0 Å². The molecule has 0 radical (unpaired) electrons. The van der Waals surface area contributed by atoms with Crippen LogP contribution in [0.25, 0.3) is 10.9 Å². The van der Waals surface area contributed by atoms with E-state index in [-0.39, 0.29) is 11.7 Å². The summed E-state index contributed by atoms with van der Waals surface area (Å²) < 4.78 is 23.4. The number of benzene rings is 3. The van der Waals surface area contributed by atoms with Gasteiger partial charge in [0, 0.05) is 36.1 Å². The fourth-order valence-corrected chi connectivity index (χ4v) is 5.09. The maximum absolute atomic E-state index is 13.8. The van der Waals surface area contributed by atoms with Crippen molar-refractivity contribution in [2.45, 2.75) is 37.7 Å². The Hall–Kier alpha value is -4.32. The van der Waals surface area contributed by atoms with Gasteiger partial charge in [-0.15, -0.1) is 5.53 Å². The number of halogens is 2. The minimum Gasteiger partial charge on any atom is -0.383 e. The zero-order valence-corrected chi connectivity index (χ0v) is 22.6. The Labute approximate surface area is 239 Å². The van der Waals surface area contributed by atoms with Crippen molar-refractivity contribution >= 4 is 33.9 Å². The number of hydrogen-bond donors (Lipinski definition) is 4. The minimum absolute atomic E-state index is 0.185. The Morgan fingerprint density at radius 3 is 2.67 bits per heavy atom. The standard InChI is InChI=1S/C31H29ClFN7/c1-19(20-5-3-2-4-6-20)16-35-29-22(15-34)17-36-31-26(29)13-24(14-27(31)32)37-30(21-7-9-23(33)10-8-21)28-18-40(39-38-28)25-11-12-25/h2-10,13-14,17-19,25,30,37-39H,11-12,16H2,1H3,(H,35,36)/t19-,30?/m1/s1/i30D. The molecule has 0 amide bonds. The topological polar surface area (TPSA) is 88.0 Å². The summed E-state index contributed by atoms with van der Waals surface area (Å²) in [6.07, 6.45) is 5.54. The van der Waals surface area contributed by atoms with E-state index in [1.807, 2.05) is 35.5 Å². The highest BCUT2D eigenvalue weighted by Crippen LogP contribution is 2.37. The van der Waals surface area contributed by atoms with Crippen molar-refractivity contribution in [3.63, 3.8) is 0 Å². The van der Waals surface area contributed by atoms with Gasteiger partial charge in [-0.3, -0.25) is 9.99 Å². The molecular formula is C31H29ClFN7. The molecule has 3 aromatic carbocycles. The Morgan fingerprint density at radius 1 is 1.18 bits per heavy atom. The molecule has 1 aliphatic carbocycles. The second-order valence-corrected chi connectivity index (χ2v) is 10.5. The summed E-state index contributed by atoms with van der Waals surface area (Å²) in [6.45, 7) is 2.71. The fraction of sp³-hybridized carbons (Fsp3) is 0.226. The van der Waals surface area contributed by atoms with Crippen molar-refractivity contribution < 1.29 is 5.76 Å². The largest absolute Gasteiger partial charge is 0.383 e. The molecule has 4 aromatic rings. The third-order valence-corrected chi connectivity index (χ3v) is 7.49. The molecule has 202 valence electrons. The number of rotatable bonds is 9. The van der Waals surface area contributed by atoms with E-state index < -0.39 is 6.02 Å². The van der Waals surface area contributed by atoms with Crippen LogP contribution in [0.2, 0.25) is 5.02 Å². The number of nitrogens with zero attached hydrogens (tertiary/aromatic N) is 3. The van der Waals surface area contributed by atoms with Crippen LogP contribution < -0.4 is 21.6 Å². The van der Waals surface area contributed by atoms with Crippen LogP contribution in [0.1, 0.15) is 49.8 Å². The van der Waals surface area contributed by atoms with Crippen LogP contribution in [0.3, 0.4) is 0 Å². The number of aromatic nitrogens is 1. The summed E-state index contributed by atoms with van der Waals surface area (Å²) in [5, 5.41) is 19.7. The molecule has 7 nitrogen and oxygen atoms in total. The van der Waals surface area contributed by atoms with Crippen LogP contribution in [0, 0.1) is 17.1 Å². The lowest BCUT2D eigenvalue weighted by atomic mass is 10.0. The Kier molecular flexibility index (Phi) is 6.82. The predicted molar refractivity (Wildman–Crippen MR) is 157 cm³/mol. The maximum atomic E-state index is 13.8. The average molecular weight is 555 g/mol. The number of hydrazine groups is 2. The normalized spacial score (nSPS) is 17.3. The molecular weight excluding hydrogens is 525 g/mol. The number of hydrogen-bond acceptors (Lipinski definition) is 7. The van der Waals surface area contributed by atoms with E-state index in [1.165, 1.54) is 23.9 Å². The van der Waals surface area contributed by atoms with E-state index in [1.54, 1.807) is 18.2 Å². The molecule has 2 heterocycles. The molecule has 1 unspecified atom stereocenters. The van der Waals surface area contributed by atoms with Gasteiger partial charge >= 0.3 is 0 Å². The summed E-state index contributed by atoms with van der Waals surface area (Å²) in [5.41, 5.74) is 10.6. The second-order valence-electron chi connectivity index (χ2n) is 10.1. The molecule has 1 fully saturated rings. The highest BCUT2D eigenvalue weighted by Gasteiger charge is 2.32. The minimum atomic E-state index is -1.52. The summed E-state index contributed by atoms with van der Waals surface area (Å²) in [4.78, 5) is 4.47. The van der Waals surface area contributed by atoms with Crippen LogP contribution in [0.5, 0.6) is 0 Å². The van der Waals surface area contributed by atoms with E-state index in [2.05, 4.69) is 51.7 Å². The third kappa shape index (κ3) is 5.39. The zero-order chi connectivity index (χ0) is 28.6. The van der Waals surface area contributed by atoms with Crippen molar-refractivity contribution in [3.8, 4) is 6.07 Å². The average Bonchev–Trinajstić information content (AvgIpc) is 3.71. The Bertz CT molecular complexity index is 1650. The molecule has 1 saturated carbocycles. The van der Waals surface area contributed by atoms with E-state index in [0.29, 0.717) is 56.7 Å². The van der Waals surface area contributed by atoms with Crippen LogP contribution in [-0.2, 0) is 0 Å². The molecule has 6 rings (SSSR count). The summed E-state index contributed by atoms with van der Waals surface area (Å²) in [5.74, 6) is -0.198. The quantitative estimate of drug-likeness (QED) is 0.185. The van der Waals surface area contributed by atoms with Crippen LogP contribution in [-0.4, -0.2) is 22.6 Å². The number of anilines is 2. The first-order valence-corrected chi connectivity index (χ1v) is 13.6. The first kappa shape index (κ1) is 24.7. The summed E-state index contributed by atoms with van der Waals surface area (Å²) in [6, 6.07) is 20.7. The van der Waals surface area contributed by atoms with Gasteiger partial charge in [-0.05, 0) is 54.2 Å². The van der Waals surface area contributed by atoms with Gasteiger partial charge in [0.15, 0.2) is 0 Å². The van der Waals surface area contributed by atoms with Crippen molar-refractivity contribution in [2.75, 3.05) is 17.2 Å². The van der Waals surface area contributed by atoms with E-state index in [0.717, 1.165) is 12.8 Å². The molecule has 9 heteroatoms. The number of fused-ring (bicyclic) bond motifs is 1. The predicted octanol–water partition coefficient (Wildman–Crippen LogP) is 6.60. The van der Waals surface area contributed by atoms with Gasteiger partial charge in [0.2, 0.25) is 0 Å². The highest BCUT2D eigenvalue weighted by atomic mass is 35.5. The molecule has 0 spiro atoms. The third-order valence-electron chi connectivity index (χ3n) is 7.20. The summed E-state index contributed by atoms with van der Waals surface area (Å²) >= 11 is 6.74.